The molecule has 2 aliphatic heterocycles. The van der Waals surface area contributed by atoms with Gasteiger partial charge < -0.3 is 10.2 Å². The van der Waals surface area contributed by atoms with Gasteiger partial charge in [-0.25, -0.2) is 0 Å². The topological polar surface area (TPSA) is 89.2 Å². The van der Waals surface area contributed by atoms with Crippen LogP contribution >= 0.6 is 0 Å². The molecule has 0 radical (unpaired) electrons. The molecule has 0 saturated heterocycles. The van der Waals surface area contributed by atoms with Crippen LogP contribution in [0.3, 0.4) is 0 Å². The minimum Gasteiger partial charge on any atom is -0.386 e. The summed E-state index contributed by atoms with van der Waals surface area (Å²) in [6.07, 6.45) is -1.15. The van der Waals surface area contributed by atoms with Crippen molar-refractivity contribution < 1.29 is 10.2 Å². The van der Waals surface area contributed by atoms with Crippen LogP contribution in [0.1, 0.15) is 34.5 Å². The Balaban J connectivity index is 1.56. The van der Waals surface area contributed by atoms with Gasteiger partial charge in [-0.05, 0) is 11.1 Å². The molecule has 0 amide bonds. The third kappa shape index (κ3) is 2.55. The van der Waals surface area contributed by atoms with E-state index in [1.165, 1.54) is 0 Å². The van der Waals surface area contributed by atoms with Crippen molar-refractivity contribution in [1.29, 1.82) is 0 Å². The van der Waals surface area contributed by atoms with Crippen molar-refractivity contribution in [2.75, 3.05) is 13.1 Å². The highest BCUT2D eigenvalue weighted by molar-refractivity contribution is 6.05. The van der Waals surface area contributed by atoms with Gasteiger partial charge in [-0.1, -0.05) is 48.5 Å². The van der Waals surface area contributed by atoms with E-state index in [-0.39, 0.29) is 0 Å². The van der Waals surface area contributed by atoms with Gasteiger partial charge >= 0.3 is 0 Å². The van der Waals surface area contributed by atoms with E-state index in [0.29, 0.717) is 24.8 Å². The number of nitrogens with one attached hydrogen (secondary N) is 2. The van der Waals surface area contributed by atoms with E-state index >= 15 is 0 Å². The Bertz CT molecular complexity index is 762. The molecule has 122 valence electrons. The standard InChI is InChI=1S/C18H18N4O2/c23-15-9-19-17(13-7-3-1-5-11(13)15)21-22-18-14-8-4-2-6-12(14)16(24)10-20-18/h1-8,15-16,23-24H,9-10H2,(H,19,21)(H,20,22). The van der Waals surface area contributed by atoms with Crippen molar-refractivity contribution in [3.63, 3.8) is 0 Å². The lowest BCUT2D eigenvalue weighted by Gasteiger charge is -2.25. The molecule has 2 aromatic rings. The Morgan fingerprint density at radius 2 is 1.12 bits per heavy atom. The maximum absolute atomic E-state index is 10.0. The minimum absolute atomic E-state index is 0.322. The zero-order chi connectivity index (χ0) is 16.5. The fraction of sp³-hybridized carbons (Fsp3) is 0.222. The number of hydrogen-bond donors (Lipinski definition) is 4. The SMILES string of the molecule is OC1CN=C(NNC2=NCC(O)c3ccccc32)c2ccccc21. The van der Waals surface area contributed by atoms with Crippen LogP contribution in [0.2, 0.25) is 0 Å². The molecule has 0 fully saturated rings. The van der Waals surface area contributed by atoms with Crippen molar-refractivity contribution in [2.45, 2.75) is 12.2 Å². The second-order valence-corrected chi connectivity index (χ2v) is 5.83. The lowest BCUT2D eigenvalue weighted by atomic mass is 9.98. The van der Waals surface area contributed by atoms with E-state index in [2.05, 4.69) is 20.8 Å². The van der Waals surface area contributed by atoms with Gasteiger partial charge in [0.2, 0.25) is 0 Å². The average Bonchev–Trinajstić information content (AvgIpc) is 2.63. The van der Waals surface area contributed by atoms with E-state index in [4.69, 9.17) is 0 Å². The zero-order valence-corrected chi connectivity index (χ0v) is 13.0. The maximum atomic E-state index is 10.0. The molecule has 2 aromatic carbocycles. The van der Waals surface area contributed by atoms with Crippen LogP contribution in [0.4, 0.5) is 0 Å². The highest BCUT2D eigenvalue weighted by atomic mass is 16.3. The third-order valence-corrected chi connectivity index (χ3v) is 4.29. The summed E-state index contributed by atoms with van der Waals surface area (Å²) in [5.41, 5.74) is 9.66. The number of benzene rings is 2. The number of aliphatic hydroxyl groups excluding tert-OH is 2. The van der Waals surface area contributed by atoms with Crippen LogP contribution in [0.25, 0.3) is 0 Å². The Kier molecular flexibility index (Phi) is 3.76. The molecule has 2 atom stereocenters. The molecule has 4 N–H and O–H groups in total. The fourth-order valence-corrected chi connectivity index (χ4v) is 3.06. The number of aliphatic imine (C=N–C) groups is 2. The second kappa shape index (κ2) is 6.07. The Labute approximate surface area is 139 Å². The molecular formula is C18H18N4O2. The molecule has 2 unspecified atom stereocenters. The number of hydrogen-bond acceptors (Lipinski definition) is 6. The predicted molar refractivity (Wildman–Crippen MR) is 91.9 cm³/mol. The number of rotatable bonds is 0. The van der Waals surface area contributed by atoms with Crippen LogP contribution in [0, 0.1) is 0 Å². The molecule has 0 aliphatic carbocycles. The van der Waals surface area contributed by atoms with E-state index in [1.807, 2.05) is 48.5 Å². The molecule has 24 heavy (non-hydrogen) atoms. The first-order chi connectivity index (χ1) is 11.7. The van der Waals surface area contributed by atoms with Gasteiger partial charge in [-0.2, -0.15) is 0 Å². The van der Waals surface area contributed by atoms with E-state index in [1.54, 1.807) is 0 Å². The lowest BCUT2D eigenvalue weighted by Crippen LogP contribution is -2.45. The van der Waals surface area contributed by atoms with Gasteiger partial charge in [0.25, 0.3) is 0 Å². The van der Waals surface area contributed by atoms with Gasteiger partial charge in [0, 0.05) is 11.1 Å². The van der Waals surface area contributed by atoms with Gasteiger partial charge in [-0.3, -0.25) is 20.8 Å². The summed E-state index contributed by atoms with van der Waals surface area (Å²) < 4.78 is 0. The second-order valence-electron chi connectivity index (χ2n) is 5.83. The van der Waals surface area contributed by atoms with Crippen LogP contribution in [0.5, 0.6) is 0 Å². The van der Waals surface area contributed by atoms with E-state index in [0.717, 1.165) is 22.3 Å². The van der Waals surface area contributed by atoms with Crippen molar-refractivity contribution >= 4 is 11.7 Å². The highest BCUT2D eigenvalue weighted by Crippen LogP contribution is 2.24. The molecule has 6 nitrogen and oxygen atoms in total. The first-order valence-corrected chi connectivity index (χ1v) is 7.89. The van der Waals surface area contributed by atoms with Crippen molar-refractivity contribution in [3.8, 4) is 0 Å². The Morgan fingerprint density at radius 1 is 0.708 bits per heavy atom. The van der Waals surface area contributed by atoms with Crippen molar-refractivity contribution in [2.24, 2.45) is 9.98 Å². The third-order valence-electron chi connectivity index (χ3n) is 4.29. The molecular weight excluding hydrogens is 304 g/mol. The Morgan fingerprint density at radius 3 is 1.58 bits per heavy atom. The molecule has 0 bridgehead atoms. The summed E-state index contributed by atoms with van der Waals surface area (Å²) in [6.45, 7) is 0.644. The first-order valence-electron chi connectivity index (χ1n) is 7.89. The van der Waals surface area contributed by atoms with Crippen molar-refractivity contribution in [1.82, 2.24) is 10.9 Å². The molecule has 2 heterocycles. The number of aliphatic hydroxyl groups is 2. The minimum atomic E-state index is -0.574. The van der Waals surface area contributed by atoms with Crippen LogP contribution in [-0.4, -0.2) is 35.0 Å². The monoisotopic (exact) mass is 322 g/mol. The van der Waals surface area contributed by atoms with Gasteiger partial charge in [-0.15, -0.1) is 0 Å². The zero-order valence-electron chi connectivity index (χ0n) is 13.0. The molecule has 0 aromatic heterocycles. The number of amidine groups is 2. The molecule has 2 aliphatic rings. The maximum Gasteiger partial charge on any atom is 0.147 e. The summed E-state index contributed by atoms with van der Waals surface area (Å²) >= 11 is 0. The average molecular weight is 322 g/mol. The van der Waals surface area contributed by atoms with Crippen LogP contribution in [-0.2, 0) is 0 Å². The van der Waals surface area contributed by atoms with Gasteiger partial charge in [0.1, 0.15) is 11.7 Å². The first kappa shape index (κ1) is 14.9. The molecule has 0 spiro atoms. The molecule has 4 rings (SSSR count). The fourth-order valence-electron chi connectivity index (χ4n) is 3.06. The summed E-state index contributed by atoms with van der Waals surface area (Å²) in [5, 5.41) is 20.1. The van der Waals surface area contributed by atoms with Crippen molar-refractivity contribution in [3.05, 3.63) is 70.8 Å². The summed E-state index contributed by atoms with van der Waals surface area (Å²) in [7, 11) is 0. The van der Waals surface area contributed by atoms with E-state index in [9.17, 15) is 10.2 Å². The predicted octanol–water partition coefficient (Wildman–Crippen LogP) is 1.07. The summed E-state index contributed by atoms with van der Waals surface area (Å²) in [5.74, 6) is 1.34. The molecule has 0 saturated carbocycles. The number of fused-ring (bicyclic) bond motifs is 2. The Hall–Kier alpha value is -2.70. The molecule has 6 heteroatoms. The van der Waals surface area contributed by atoms with Gasteiger partial charge in [0.15, 0.2) is 0 Å². The van der Waals surface area contributed by atoms with Gasteiger partial charge in [0.05, 0.1) is 25.3 Å². The highest BCUT2D eigenvalue weighted by Gasteiger charge is 2.23. The van der Waals surface area contributed by atoms with Crippen LogP contribution in [0.15, 0.2) is 58.5 Å². The van der Waals surface area contributed by atoms with E-state index < -0.39 is 12.2 Å². The summed E-state index contributed by atoms with van der Waals surface area (Å²) in [4.78, 5) is 8.79. The van der Waals surface area contributed by atoms with Crippen LogP contribution < -0.4 is 10.9 Å². The quantitative estimate of drug-likeness (QED) is 0.546. The smallest absolute Gasteiger partial charge is 0.147 e. The normalized spacial score (nSPS) is 21.9. The lowest BCUT2D eigenvalue weighted by molar-refractivity contribution is 0.184. The summed E-state index contributed by atoms with van der Waals surface area (Å²) in [6, 6.07) is 15.3. The number of hydrazine groups is 1. The largest absolute Gasteiger partial charge is 0.386 e. The number of nitrogens with zero attached hydrogens (tertiary/aromatic N) is 2.